The fraction of sp³-hybridized carbons (Fsp3) is 0.118. The van der Waals surface area contributed by atoms with Gasteiger partial charge in [0.15, 0.2) is 5.78 Å². The summed E-state index contributed by atoms with van der Waals surface area (Å²) in [6.07, 6.45) is 1.91. The van der Waals surface area contributed by atoms with Crippen LogP contribution >= 0.6 is 0 Å². The Balaban J connectivity index is 2.25. The zero-order valence-corrected chi connectivity index (χ0v) is 11.3. The molecule has 0 aliphatic rings. The smallest absolute Gasteiger partial charge is 0.169 e. The predicted octanol–water partition coefficient (Wildman–Crippen LogP) is 3.20. The van der Waals surface area contributed by atoms with Crippen LogP contribution in [0, 0.1) is 5.82 Å². The summed E-state index contributed by atoms with van der Waals surface area (Å²) in [6.45, 7) is 0. The van der Waals surface area contributed by atoms with Crippen molar-refractivity contribution in [2.24, 2.45) is 0 Å². The molecule has 2 aromatic carbocycles. The van der Waals surface area contributed by atoms with E-state index < -0.39 is 0 Å². The third-order valence-electron chi connectivity index (χ3n) is 2.93. The van der Waals surface area contributed by atoms with Crippen molar-refractivity contribution in [3.8, 4) is 0 Å². The molecule has 102 valence electrons. The number of benzene rings is 2. The number of carbonyl (C=O) groups excluding carboxylic acids is 1. The van der Waals surface area contributed by atoms with Crippen molar-refractivity contribution in [2.75, 3.05) is 7.05 Å². The molecular weight excluding hydrogens is 253 g/mol. The highest BCUT2D eigenvalue weighted by Crippen LogP contribution is 2.18. The van der Waals surface area contributed by atoms with Gasteiger partial charge in [0.05, 0.1) is 0 Å². The lowest BCUT2D eigenvalue weighted by Gasteiger charge is -2.08. The van der Waals surface area contributed by atoms with Crippen LogP contribution in [-0.4, -0.2) is 12.8 Å². The fourth-order valence-corrected chi connectivity index (χ4v) is 2.00. The lowest BCUT2D eigenvalue weighted by molar-refractivity contribution is -0.113. The van der Waals surface area contributed by atoms with Gasteiger partial charge in [0, 0.05) is 25.2 Å². The van der Waals surface area contributed by atoms with E-state index in [1.807, 2.05) is 30.3 Å². The number of hydrogen-bond acceptors (Lipinski definition) is 2. The zero-order valence-electron chi connectivity index (χ0n) is 11.3. The van der Waals surface area contributed by atoms with E-state index in [0.717, 1.165) is 5.56 Å². The molecule has 0 heterocycles. The van der Waals surface area contributed by atoms with Gasteiger partial charge in [-0.05, 0) is 23.3 Å². The first-order valence-corrected chi connectivity index (χ1v) is 6.41. The largest absolute Gasteiger partial charge is 0.393 e. The van der Waals surface area contributed by atoms with Crippen LogP contribution in [0.1, 0.15) is 11.1 Å². The number of nitrogens with one attached hydrogen (secondary N) is 1. The molecule has 20 heavy (non-hydrogen) atoms. The average Bonchev–Trinajstić information content (AvgIpc) is 2.45. The van der Waals surface area contributed by atoms with E-state index in [0.29, 0.717) is 17.6 Å². The van der Waals surface area contributed by atoms with Gasteiger partial charge in [-0.15, -0.1) is 0 Å². The normalized spacial score (nSPS) is 11.2. The van der Waals surface area contributed by atoms with Crippen LogP contribution in [0.15, 0.2) is 60.8 Å². The summed E-state index contributed by atoms with van der Waals surface area (Å²) < 4.78 is 13.3. The zero-order chi connectivity index (χ0) is 14.4. The van der Waals surface area contributed by atoms with Crippen LogP contribution in [0.2, 0.25) is 0 Å². The molecule has 0 amide bonds. The molecule has 1 N–H and O–H groups in total. The van der Waals surface area contributed by atoms with Crippen LogP contribution in [0.4, 0.5) is 4.39 Å². The van der Waals surface area contributed by atoms with Gasteiger partial charge >= 0.3 is 0 Å². The summed E-state index contributed by atoms with van der Waals surface area (Å²) in [5.41, 5.74) is 2.01. The fourth-order valence-electron chi connectivity index (χ4n) is 2.00. The van der Waals surface area contributed by atoms with Crippen molar-refractivity contribution >= 4 is 11.4 Å². The highest BCUT2D eigenvalue weighted by atomic mass is 19.1. The van der Waals surface area contributed by atoms with E-state index in [2.05, 4.69) is 5.32 Å². The summed E-state index contributed by atoms with van der Waals surface area (Å²) in [5.74, 6) is -0.395. The van der Waals surface area contributed by atoms with Gasteiger partial charge in [-0.3, -0.25) is 4.79 Å². The molecule has 0 aliphatic carbocycles. The molecule has 0 radical (unpaired) electrons. The maximum absolute atomic E-state index is 13.3. The third kappa shape index (κ3) is 3.54. The van der Waals surface area contributed by atoms with Crippen LogP contribution in [-0.2, 0) is 11.2 Å². The predicted molar refractivity (Wildman–Crippen MR) is 78.6 cm³/mol. The molecule has 0 fully saturated rings. The first kappa shape index (κ1) is 14.0. The molecule has 3 heteroatoms. The molecule has 0 atom stereocenters. The van der Waals surface area contributed by atoms with Crippen LogP contribution < -0.4 is 5.32 Å². The molecule has 0 unspecified atom stereocenters. The van der Waals surface area contributed by atoms with Gasteiger partial charge in [-0.1, -0.05) is 42.5 Å². The molecule has 0 saturated carbocycles. The Labute approximate surface area is 118 Å². The summed E-state index contributed by atoms with van der Waals surface area (Å²) in [7, 11) is 1.72. The number of carbonyl (C=O) groups is 1. The Morgan fingerprint density at radius 1 is 1.15 bits per heavy atom. The number of halogens is 1. The van der Waals surface area contributed by atoms with E-state index in [9.17, 15) is 9.18 Å². The highest BCUT2D eigenvalue weighted by molar-refractivity contribution is 6.21. The van der Waals surface area contributed by atoms with Gasteiger partial charge in [0.2, 0.25) is 0 Å². The van der Waals surface area contributed by atoms with Crippen molar-refractivity contribution in [3.63, 3.8) is 0 Å². The van der Waals surface area contributed by atoms with Crippen LogP contribution in [0.3, 0.4) is 0 Å². The number of rotatable bonds is 5. The van der Waals surface area contributed by atoms with Gasteiger partial charge in [0.1, 0.15) is 5.82 Å². The minimum atomic E-state index is -0.350. The maximum Gasteiger partial charge on any atom is 0.169 e. The lowest BCUT2D eigenvalue weighted by atomic mass is 9.97. The average molecular weight is 269 g/mol. The number of ketones is 1. The van der Waals surface area contributed by atoms with Crippen LogP contribution in [0.5, 0.6) is 0 Å². The van der Waals surface area contributed by atoms with E-state index in [4.69, 9.17) is 0 Å². The lowest BCUT2D eigenvalue weighted by Crippen LogP contribution is -2.09. The van der Waals surface area contributed by atoms with Crippen molar-refractivity contribution in [2.45, 2.75) is 6.42 Å². The second-order valence-electron chi connectivity index (χ2n) is 4.44. The molecule has 2 aromatic rings. The van der Waals surface area contributed by atoms with Crippen molar-refractivity contribution < 1.29 is 9.18 Å². The second kappa shape index (κ2) is 6.66. The highest BCUT2D eigenvalue weighted by Gasteiger charge is 2.13. The summed E-state index contributed by atoms with van der Waals surface area (Å²) in [6, 6.07) is 15.6. The Morgan fingerprint density at radius 3 is 2.55 bits per heavy atom. The molecule has 0 saturated heterocycles. The minimum Gasteiger partial charge on any atom is -0.393 e. The Bertz CT molecular complexity index is 620. The minimum absolute atomic E-state index is 0.0452. The third-order valence-corrected chi connectivity index (χ3v) is 2.93. The molecule has 2 nitrogen and oxygen atoms in total. The monoisotopic (exact) mass is 269 g/mol. The SMILES string of the molecule is CNC=C(C(=O)Cc1ccccc1)c1cccc(F)c1. The van der Waals surface area contributed by atoms with E-state index in [1.165, 1.54) is 12.1 Å². The summed E-state index contributed by atoms with van der Waals surface area (Å²) in [5, 5.41) is 2.85. The van der Waals surface area contributed by atoms with Gasteiger partial charge in [-0.25, -0.2) is 4.39 Å². The number of allylic oxidation sites excluding steroid dienone is 1. The van der Waals surface area contributed by atoms with Crippen molar-refractivity contribution in [3.05, 3.63) is 77.7 Å². The summed E-state index contributed by atoms with van der Waals surface area (Å²) >= 11 is 0. The molecular formula is C17H16FNO. The van der Waals surface area contributed by atoms with Crippen molar-refractivity contribution in [1.82, 2.24) is 5.32 Å². The molecule has 0 spiro atoms. The molecule has 2 rings (SSSR count). The van der Waals surface area contributed by atoms with Gasteiger partial charge in [0.25, 0.3) is 0 Å². The Kier molecular flexibility index (Phi) is 4.66. The standard InChI is InChI=1S/C17H16FNO/c1-19-12-16(14-8-5-9-15(18)11-14)17(20)10-13-6-3-2-4-7-13/h2-9,11-12,19H,10H2,1H3. The van der Waals surface area contributed by atoms with Crippen molar-refractivity contribution in [1.29, 1.82) is 0 Å². The Hall–Kier alpha value is -2.42. The van der Waals surface area contributed by atoms with E-state index in [-0.39, 0.29) is 11.6 Å². The maximum atomic E-state index is 13.3. The molecule has 0 bridgehead atoms. The van der Waals surface area contributed by atoms with Gasteiger partial charge in [-0.2, -0.15) is 0 Å². The number of Topliss-reactive ketones (excluding diaryl/α,β-unsaturated/α-hetero) is 1. The summed E-state index contributed by atoms with van der Waals surface area (Å²) in [4.78, 5) is 12.4. The first-order valence-electron chi connectivity index (χ1n) is 6.41. The number of hydrogen-bond donors (Lipinski definition) is 1. The quantitative estimate of drug-likeness (QED) is 0.845. The topological polar surface area (TPSA) is 29.1 Å². The Morgan fingerprint density at radius 2 is 1.90 bits per heavy atom. The van der Waals surface area contributed by atoms with Gasteiger partial charge < -0.3 is 5.32 Å². The molecule has 0 aliphatic heterocycles. The van der Waals surface area contributed by atoms with E-state index in [1.54, 1.807) is 25.4 Å². The first-order chi connectivity index (χ1) is 9.70. The van der Waals surface area contributed by atoms with Crippen LogP contribution in [0.25, 0.3) is 5.57 Å². The van der Waals surface area contributed by atoms with E-state index >= 15 is 0 Å². The molecule has 0 aromatic heterocycles. The second-order valence-corrected chi connectivity index (χ2v) is 4.44.